The molecule has 1 spiro atoms. The summed E-state index contributed by atoms with van der Waals surface area (Å²) in [6.07, 6.45) is -1.94. The molecule has 2 fully saturated rings. The number of thiazole rings is 1. The van der Waals surface area contributed by atoms with Crippen LogP contribution in [0.1, 0.15) is 49.4 Å². The molecule has 2 aliphatic rings. The van der Waals surface area contributed by atoms with Crippen molar-refractivity contribution in [3.8, 4) is 0 Å². The minimum Gasteiger partial charge on any atom is -0.444 e. The fourth-order valence-electron chi connectivity index (χ4n) is 3.91. The third-order valence-corrected chi connectivity index (χ3v) is 6.09. The molecule has 2 aliphatic heterocycles. The largest absolute Gasteiger partial charge is 0.444 e. The number of nitrogens with zero attached hydrogens (tertiary/aromatic N) is 3. The fourth-order valence-corrected chi connectivity index (χ4v) is 4.77. The third kappa shape index (κ3) is 6.05. The number of carbonyl (C=O) groups is 1. The molecule has 2 atom stereocenters. The number of rotatable bonds is 2. The summed E-state index contributed by atoms with van der Waals surface area (Å²) < 4.78 is 50.7. The molecule has 2 unspecified atom stereocenters. The van der Waals surface area contributed by atoms with E-state index in [1.807, 2.05) is 6.92 Å². The second kappa shape index (κ2) is 8.03. The molecule has 3 rings (SSSR count). The Kier molecular flexibility index (Phi) is 6.18. The number of halogens is 3. The molecule has 0 aliphatic carbocycles. The molecule has 3 heterocycles. The highest BCUT2D eigenvalue weighted by molar-refractivity contribution is 7.11. The van der Waals surface area contributed by atoms with E-state index in [2.05, 4.69) is 4.98 Å². The second-order valence-electron chi connectivity index (χ2n) is 8.95. The first-order valence-electron chi connectivity index (χ1n) is 9.67. The van der Waals surface area contributed by atoms with Crippen molar-refractivity contribution in [1.29, 1.82) is 0 Å². The van der Waals surface area contributed by atoms with Crippen LogP contribution in [-0.4, -0.2) is 71.2 Å². The first-order valence-corrected chi connectivity index (χ1v) is 10.5. The monoisotopic (exact) mass is 435 g/mol. The van der Waals surface area contributed by atoms with Gasteiger partial charge in [0.15, 0.2) is 0 Å². The molecule has 10 heteroatoms. The van der Waals surface area contributed by atoms with E-state index in [9.17, 15) is 18.0 Å². The molecule has 0 N–H and O–H groups in total. The molecule has 1 aromatic rings. The molecule has 29 heavy (non-hydrogen) atoms. The van der Waals surface area contributed by atoms with Gasteiger partial charge in [0, 0.05) is 36.6 Å². The van der Waals surface area contributed by atoms with E-state index < -0.39 is 30.0 Å². The molecule has 164 valence electrons. The summed E-state index contributed by atoms with van der Waals surface area (Å²) >= 11 is 1.51. The van der Waals surface area contributed by atoms with E-state index in [4.69, 9.17) is 9.47 Å². The number of aromatic nitrogens is 1. The van der Waals surface area contributed by atoms with Crippen LogP contribution in [0.5, 0.6) is 0 Å². The molecule has 0 saturated carbocycles. The van der Waals surface area contributed by atoms with E-state index in [1.165, 1.54) is 21.1 Å². The first-order chi connectivity index (χ1) is 13.3. The maximum absolute atomic E-state index is 13.1. The minimum atomic E-state index is -4.28. The normalized spacial score (nSPS) is 26.7. The van der Waals surface area contributed by atoms with Gasteiger partial charge in [-0.1, -0.05) is 0 Å². The topological polar surface area (TPSA) is 54.9 Å². The lowest BCUT2D eigenvalue weighted by Crippen LogP contribution is -2.59. The van der Waals surface area contributed by atoms with Crippen molar-refractivity contribution in [3.63, 3.8) is 0 Å². The van der Waals surface area contributed by atoms with Gasteiger partial charge in [-0.2, -0.15) is 13.2 Å². The van der Waals surface area contributed by atoms with Crippen molar-refractivity contribution in [2.45, 2.75) is 63.8 Å². The van der Waals surface area contributed by atoms with Gasteiger partial charge in [-0.25, -0.2) is 9.78 Å². The predicted octanol–water partition coefficient (Wildman–Crippen LogP) is 4.16. The van der Waals surface area contributed by atoms with E-state index in [0.717, 1.165) is 9.88 Å². The SMILES string of the molecule is Cc1cnc(C2CN(CC(F)(F)F)CC3(CCN(C(=O)OC(C)(C)C)CO3)C2)s1. The third-order valence-electron chi connectivity index (χ3n) is 5.02. The Morgan fingerprint density at radius 1 is 1.41 bits per heavy atom. The molecule has 1 aromatic heterocycles. The Balaban J connectivity index is 1.72. The highest BCUT2D eigenvalue weighted by atomic mass is 32.1. The van der Waals surface area contributed by atoms with Gasteiger partial charge in [-0.15, -0.1) is 11.3 Å². The second-order valence-corrected chi connectivity index (χ2v) is 10.2. The van der Waals surface area contributed by atoms with E-state index in [1.54, 1.807) is 27.0 Å². The van der Waals surface area contributed by atoms with Crippen molar-refractivity contribution in [1.82, 2.24) is 14.8 Å². The Morgan fingerprint density at radius 2 is 2.14 bits per heavy atom. The molecule has 6 nitrogen and oxygen atoms in total. The van der Waals surface area contributed by atoms with E-state index >= 15 is 0 Å². The Labute approximate surface area is 173 Å². The number of piperidine rings is 1. The zero-order valence-corrected chi connectivity index (χ0v) is 18.0. The van der Waals surface area contributed by atoms with E-state index in [-0.39, 0.29) is 19.2 Å². The van der Waals surface area contributed by atoms with Gasteiger partial charge in [-0.3, -0.25) is 9.80 Å². The first kappa shape index (κ1) is 22.3. The number of alkyl halides is 3. The van der Waals surface area contributed by atoms with E-state index in [0.29, 0.717) is 25.9 Å². The smallest absolute Gasteiger partial charge is 0.412 e. The number of aryl methyl sites for hydroxylation is 1. The van der Waals surface area contributed by atoms with Gasteiger partial charge in [0.2, 0.25) is 0 Å². The Bertz CT molecular complexity index is 724. The van der Waals surface area contributed by atoms with Gasteiger partial charge in [0.1, 0.15) is 12.3 Å². The summed E-state index contributed by atoms with van der Waals surface area (Å²) in [5.41, 5.74) is -1.35. The summed E-state index contributed by atoms with van der Waals surface area (Å²) in [6, 6.07) is 0. The number of likely N-dealkylation sites (tertiary alicyclic amines) is 1. The summed E-state index contributed by atoms with van der Waals surface area (Å²) in [5, 5.41) is 0.840. The zero-order valence-electron chi connectivity index (χ0n) is 17.2. The Morgan fingerprint density at radius 3 is 2.66 bits per heavy atom. The van der Waals surface area contributed by atoms with Crippen LogP contribution in [0.2, 0.25) is 0 Å². The molecular weight excluding hydrogens is 407 g/mol. The van der Waals surface area contributed by atoms with Crippen LogP contribution < -0.4 is 0 Å². The van der Waals surface area contributed by atoms with Crippen LogP contribution in [0, 0.1) is 6.92 Å². The van der Waals surface area contributed by atoms with Crippen molar-refractivity contribution in [3.05, 3.63) is 16.1 Å². The summed E-state index contributed by atoms with van der Waals surface area (Å²) in [6.45, 7) is 7.20. The number of carbonyl (C=O) groups excluding carboxylic acids is 1. The molecule has 1 amide bonds. The van der Waals surface area contributed by atoms with Crippen molar-refractivity contribution in [2.24, 2.45) is 0 Å². The maximum atomic E-state index is 13.1. The number of amides is 1. The maximum Gasteiger partial charge on any atom is 0.412 e. The summed E-state index contributed by atoms with van der Waals surface area (Å²) in [4.78, 5) is 20.6. The van der Waals surface area contributed by atoms with Gasteiger partial charge >= 0.3 is 12.3 Å². The number of hydrogen-bond donors (Lipinski definition) is 0. The van der Waals surface area contributed by atoms with Crippen LogP contribution >= 0.6 is 11.3 Å². The van der Waals surface area contributed by atoms with Crippen LogP contribution in [0.4, 0.5) is 18.0 Å². The molecule has 2 saturated heterocycles. The van der Waals surface area contributed by atoms with Crippen LogP contribution in [0.3, 0.4) is 0 Å². The van der Waals surface area contributed by atoms with Crippen molar-refractivity contribution in [2.75, 3.05) is 32.9 Å². The molecular formula is C19H28F3N3O3S. The van der Waals surface area contributed by atoms with Gasteiger partial charge in [0.05, 0.1) is 17.2 Å². The van der Waals surface area contributed by atoms with Crippen LogP contribution in [-0.2, 0) is 9.47 Å². The standard InChI is InChI=1S/C19H28F3N3O3S/c1-13-8-23-15(29-13)14-7-18(10-24(9-14)11-19(20,21)22)5-6-25(12-27-18)16(26)28-17(2,3)4/h8,14H,5-7,9-12H2,1-4H3. The molecule has 0 radical (unpaired) electrons. The Hall–Kier alpha value is -1.39. The summed E-state index contributed by atoms with van der Waals surface area (Å²) in [7, 11) is 0. The quantitative estimate of drug-likeness (QED) is 0.698. The lowest BCUT2D eigenvalue weighted by atomic mass is 9.82. The van der Waals surface area contributed by atoms with Crippen molar-refractivity contribution < 1.29 is 27.4 Å². The minimum absolute atomic E-state index is 0.0123. The van der Waals surface area contributed by atoms with Gasteiger partial charge in [0.25, 0.3) is 0 Å². The van der Waals surface area contributed by atoms with Gasteiger partial charge in [-0.05, 0) is 40.5 Å². The average molecular weight is 436 g/mol. The zero-order chi connectivity index (χ0) is 21.4. The molecule has 0 bridgehead atoms. The highest BCUT2D eigenvalue weighted by Gasteiger charge is 2.47. The fraction of sp³-hybridized carbons (Fsp3) is 0.789. The van der Waals surface area contributed by atoms with Gasteiger partial charge < -0.3 is 9.47 Å². The predicted molar refractivity (Wildman–Crippen MR) is 103 cm³/mol. The van der Waals surface area contributed by atoms with Crippen LogP contribution in [0.25, 0.3) is 0 Å². The average Bonchev–Trinajstić information content (AvgIpc) is 2.98. The lowest BCUT2D eigenvalue weighted by Gasteiger charge is -2.49. The van der Waals surface area contributed by atoms with Crippen molar-refractivity contribution >= 4 is 17.4 Å². The highest BCUT2D eigenvalue weighted by Crippen LogP contribution is 2.41. The summed E-state index contributed by atoms with van der Waals surface area (Å²) in [5.74, 6) is -0.127. The molecule has 0 aromatic carbocycles. The number of hydrogen-bond acceptors (Lipinski definition) is 6. The number of ether oxygens (including phenoxy) is 2. The van der Waals surface area contributed by atoms with Crippen LogP contribution in [0.15, 0.2) is 6.20 Å². The lowest BCUT2D eigenvalue weighted by molar-refractivity contribution is -0.188.